The van der Waals surface area contributed by atoms with Crippen molar-refractivity contribution in [2.75, 3.05) is 0 Å². The lowest BCUT2D eigenvalue weighted by atomic mass is 9.83. The highest BCUT2D eigenvalue weighted by Gasteiger charge is 2.32. The first kappa shape index (κ1) is 25.7. The summed E-state index contributed by atoms with van der Waals surface area (Å²) in [5.74, 6) is 0.793. The minimum Gasteiger partial charge on any atom is -0.489 e. The average Bonchev–Trinajstić information content (AvgIpc) is 3.37. The van der Waals surface area contributed by atoms with Crippen LogP contribution in [0.25, 0.3) is 22.5 Å². The van der Waals surface area contributed by atoms with Gasteiger partial charge >= 0.3 is 0 Å². The third-order valence-corrected chi connectivity index (χ3v) is 9.42. The Morgan fingerprint density at radius 1 is 0.814 bits per heavy atom. The van der Waals surface area contributed by atoms with E-state index in [-0.39, 0.29) is 11.6 Å². The van der Waals surface area contributed by atoms with Gasteiger partial charge in [0.2, 0.25) is 0 Å². The van der Waals surface area contributed by atoms with Crippen molar-refractivity contribution in [3.8, 4) is 5.75 Å². The molecule has 0 saturated heterocycles. The van der Waals surface area contributed by atoms with Crippen LogP contribution >= 0.6 is 11.3 Å². The highest BCUT2D eigenvalue weighted by Crippen LogP contribution is 2.41. The zero-order valence-electron chi connectivity index (χ0n) is 23.4. The van der Waals surface area contributed by atoms with Crippen LogP contribution in [0.5, 0.6) is 5.75 Å². The van der Waals surface area contributed by atoms with Crippen LogP contribution in [-0.2, 0) is 13.0 Å². The summed E-state index contributed by atoms with van der Waals surface area (Å²) in [5, 5.41) is 2.41. The highest BCUT2D eigenvalue weighted by molar-refractivity contribution is 7.07. The molecule has 0 unspecified atom stereocenters. The number of allylic oxidation sites excluding steroid dienone is 1. The molecule has 0 amide bonds. The second-order valence-electron chi connectivity index (χ2n) is 11.0. The number of hydrogen-bond donors (Lipinski definition) is 0. The number of thiazole rings is 1. The Hall–Kier alpha value is -5.00. The van der Waals surface area contributed by atoms with Crippen molar-refractivity contribution in [3.63, 3.8) is 0 Å². The number of nitrogens with zero attached hydrogens (tertiary/aromatic N) is 2. The molecule has 1 aromatic heterocycles. The van der Waals surface area contributed by atoms with Gasteiger partial charge in [0.15, 0.2) is 4.80 Å². The summed E-state index contributed by atoms with van der Waals surface area (Å²) < 4.78 is 8.72. The summed E-state index contributed by atoms with van der Waals surface area (Å²) in [6, 6.07) is 41.3. The van der Waals surface area contributed by atoms with Gasteiger partial charge in [0.05, 0.1) is 16.3 Å². The van der Waals surface area contributed by atoms with Gasteiger partial charge in [-0.25, -0.2) is 4.99 Å². The molecule has 0 fully saturated rings. The minimum absolute atomic E-state index is 0.000654. The predicted octanol–water partition coefficient (Wildman–Crippen LogP) is 7.05. The molecule has 1 atom stereocenters. The number of aromatic nitrogens is 1. The normalized spacial score (nSPS) is 15.9. The highest BCUT2D eigenvalue weighted by atomic mass is 32.1. The first-order valence-corrected chi connectivity index (χ1v) is 15.4. The molecule has 8 rings (SSSR count). The van der Waals surface area contributed by atoms with Crippen molar-refractivity contribution >= 4 is 33.9 Å². The molecule has 1 aliphatic heterocycles. The van der Waals surface area contributed by atoms with E-state index in [1.165, 1.54) is 38.8 Å². The number of ether oxygens (including phenoxy) is 1. The van der Waals surface area contributed by atoms with Gasteiger partial charge in [-0.05, 0) is 69.6 Å². The van der Waals surface area contributed by atoms with Crippen LogP contribution in [0.3, 0.4) is 0 Å². The summed E-state index contributed by atoms with van der Waals surface area (Å²) in [6.07, 6.45) is 3.81. The lowest BCUT2D eigenvalue weighted by molar-refractivity contribution is 0.307. The van der Waals surface area contributed by atoms with Gasteiger partial charge in [-0.1, -0.05) is 121 Å². The zero-order valence-corrected chi connectivity index (χ0v) is 24.3. The second-order valence-corrected chi connectivity index (χ2v) is 12.0. The van der Waals surface area contributed by atoms with Gasteiger partial charge in [-0.2, -0.15) is 0 Å². The molecule has 0 bridgehead atoms. The molecule has 0 spiro atoms. The maximum atomic E-state index is 14.0. The topological polar surface area (TPSA) is 43.6 Å². The number of hydrogen-bond acceptors (Lipinski definition) is 4. The van der Waals surface area contributed by atoms with Crippen molar-refractivity contribution in [1.82, 2.24) is 4.57 Å². The standard InChI is InChI=1S/C38H28N2O2S/c41-37-34(23-25-17-20-30(21-18-25)42-24-29-14-8-13-26-9-4-6-15-31(26)29)43-38-39-35-32-16-7-5-10-27(32)19-22-33(35)36(40(37)38)28-11-2-1-3-12-28/h1-18,20-21,23,36H,19,22,24H2/b34-23+/t36-/m0/s1. The maximum absolute atomic E-state index is 14.0. The van der Waals surface area contributed by atoms with Crippen molar-refractivity contribution in [2.24, 2.45) is 4.99 Å². The van der Waals surface area contributed by atoms with Crippen molar-refractivity contribution in [1.29, 1.82) is 0 Å². The molecule has 2 aliphatic rings. The first-order chi connectivity index (χ1) is 21.2. The Labute approximate surface area is 253 Å². The van der Waals surface area contributed by atoms with Gasteiger partial charge in [-0.3, -0.25) is 9.36 Å². The largest absolute Gasteiger partial charge is 0.489 e. The summed E-state index contributed by atoms with van der Waals surface area (Å²) in [4.78, 5) is 19.9. The zero-order chi connectivity index (χ0) is 28.8. The van der Waals surface area contributed by atoms with Crippen LogP contribution in [0, 0.1) is 0 Å². The lowest BCUT2D eigenvalue weighted by Crippen LogP contribution is -2.38. The number of rotatable bonds is 5. The number of aryl methyl sites for hydroxylation is 1. The molecule has 208 valence electrons. The van der Waals surface area contributed by atoms with Crippen molar-refractivity contribution < 1.29 is 4.74 Å². The third-order valence-electron chi connectivity index (χ3n) is 8.44. The van der Waals surface area contributed by atoms with E-state index in [2.05, 4.69) is 78.9 Å². The second kappa shape index (κ2) is 10.7. The van der Waals surface area contributed by atoms with E-state index >= 15 is 0 Å². The molecular weight excluding hydrogens is 548 g/mol. The van der Waals surface area contributed by atoms with Crippen molar-refractivity contribution in [3.05, 3.63) is 174 Å². The summed E-state index contributed by atoms with van der Waals surface area (Å²) in [5.41, 5.74) is 7.96. The van der Waals surface area contributed by atoms with Crippen molar-refractivity contribution in [2.45, 2.75) is 25.5 Å². The summed E-state index contributed by atoms with van der Waals surface area (Å²) >= 11 is 1.46. The monoisotopic (exact) mass is 576 g/mol. The molecule has 2 heterocycles. The van der Waals surface area contributed by atoms with Crippen LogP contribution in [0.1, 0.15) is 40.3 Å². The van der Waals surface area contributed by atoms with E-state index < -0.39 is 0 Å². The van der Waals surface area contributed by atoms with Gasteiger partial charge in [0, 0.05) is 5.56 Å². The Morgan fingerprint density at radius 2 is 1.58 bits per heavy atom. The fraction of sp³-hybridized carbons (Fsp3) is 0.105. The minimum atomic E-state index is -0.159. The van der Waals surface area contributed by atoms with E-state index in [4.69, 9.17) is 9.73 Å². The Morgan fingerprint density at radius 3 is 2.47 bits per heavy atom. The van der Waals surface area contributed by atoms with Crippen LogP contribution in [-0.4, -0.2) is 4.57 Å². The van der Waals surface area contributed by atoms with Gasteiger partial charge in [0.25, 0.3) is 5.56 Å². The van der Waals surface area contributed by atoms with Gasteiger partial charge in [0.1, 0.15) is 12.4 Å². The fourth-order valence-corrected chi connectivity index (χ4v) is 7.35. The van der Waals surface area contributed by atoms with Gasteiger partial charge < -0.3 is 4.74 Å². The average molecular weight is 577 g/mol. The maximum Gasteiger partial charge on any atom is 0.271 e. The Balaban J connectivity index is 1.14. The van der Waals surface area contributed by atoms with Gasteiger partial charge in [-0.15, -0.1) is 0 Å². The van der Waals surface area contributed by atoms with E-state index in [1.54, 1.807) is 0 Å². The van der Waals surface area contributed by atoms with E-state index in [0.29, 0.717) is 11.1 Å². The van der Waals surface area contributed by atoms with E-state index in [9.17, 15) is 4.79 Å². The molecule has 1 aliphatic carbocycles. The molecule has 0 saturated carbocycles. The first-order valence-electron chi connectivity index (χ1n) is 14.6. The smallest absolute Gasteiger partial charge is 0.271 e. The van der Waals surface area contributed by atoms with Crippen LogP contribution in [0.15, 0.2) is 137 Å². The molecular formula is C38H28N2O2S. The number of benzene rings is 5. The number of fused-ring (bicyclic) bond motifs is 4. The molecule has 6 aromatic rings. The van der Waals surface area contributed by atoms with Crippen LogP contribution < -0.4 is 19.6 Å². The summed E-state index contributed by atoms with van der Waals surface area (Å²) in [6.45, 7) is 0.493. The predicted molar refractivity (Wildman–Crippen MR) is 174 cm³/mol. The molecule has 4 nitrogen and oxygen atoms in total. The molecule has 43 heavy (non-hydrogen) atoms. The third kappa shape index (κ3) is 4.62. The molecule has 5 aromatic carbocycles. The Kier molecular flexibility index (Phi) is 6.38. The lowest BCUT2D eigenvalue weighted by Gasteiger charge is -2.30. The SMILES string of the molecule is O=c1/c(=C\c2ccc(OCc3cccc4ccccc34)cc2)sc2n1[C@@H](c1ccccc1)C1=C(N=2)c2ccccc2CC1. The molecule has 0 radical (unpaired) electrons. The quantitative estimate of drug-likeness (QED) is 0.221. The van der Waals surface area contributed by atoms with Crippen LogP contribution in [0.4, 0.5) is 0 Å². The molecule has 0 N–H and O–H groups in total. The fourth-order valence-electron chi connectivity index (χ4n) is 6.35. The van der Waals surface area contributed by atoms with E-state index in [1.807, 2.05) is 53.1 Å². The summed E-state index contributed by atoms with van der Waals surface area (Å²) in [7, 11) is 0. The molecule has 5 heteroatoms. The van der Waals surface area contributed by atoms with Crippen LogP contribution in [0.2, 0.25) is 0 Å². The van der Waals surface area contributed by atoms with E-state index in [0.717, 1.165) is 45.8 Å². The Bertz CT molecular complexity index is 2200.